The van der Waals surface area contributed by atoms with Crippen molar-refractivity contribution in [2.75, 3.05) is 0 Å². The zero-order valence-corrected chi connectivity index (χ0v) is 17.3. The molecule has 28 heavy (non-hydrogen) atoms. The minimum Gasteiger partial charge on any atom is -0.346 e. The van der Waals surface area contributed by atoms with Crippen molar-refractivity contribution >= 4 is 17.1 Å². The highest BCUT2D eigenvalue weighted by Gasteiger charge is 2.51. The number of amides is 1. The zero-order valence-electron chi connectivity index (χ0n) is 17.3. The minimum absolute atomic E-state index is 0.0520. The van der Waals surface area contributed by atoms with Crippen LogP contribution in [-0.4, -0.2) is 20.4 Å². The molecule has 2 aromatic rings. The van der Waals surface area contributed by atoms with Gasteiger partial charge in [0.05, 0.1) is 6.04 Å². The molecule has 150 valence electrons. The van der Waals surface area contributed by atoms with Gasteiger partial charge in [0.25, 0.3) is 0 Å². The number of carbonyl (C=O) groups is 1. The molecule has 4 fully saturated rings. The number of fused-ring (bicyclic) bond motifs is 1. The van der Waals surface area contributed by atoms with Crippen LogP contribution in [0, 0.1) is 35.5 Å². The molecular weight excluding hydrogens is 348 g/mol. The molecule has 0 unspecified atom stereocenters. The summed E-state index contributed by atoms with van der Waals surface area (Å²) in [6.07, 6.45) is 9.22. The second-order valence-electron chi connectivity index (χ2n) is 10.0. The van der Waals surface area contributed by atoms with Gasteiger partial charge in [0, 0.05) is 19.2 Å². The number of imidazole rings is 1. The molecule has 0 aliphatic heterocycles. The summed E-state index contributed by atoms with van der Waals surface area (Å²) in [5.74, 6) is 4.91. The average Bonchev–Trinajstić information content (AvgIpc) is 2.97. The number of pyridine rings is 1. The molecule has 6 rings (SSSR count). The second-order valence-corrected chi connectivity index (χ2v) is 10.0. The maximum absolute atomic E-state index is 13.5. The highest BCUT2D eigenvalue weighted by molar-refractivity contribution is 5.80. The standard InChI is InChI=1S/C23H32N4O/c1-13(2)7-19(22-25-18-5-4-6-24-21(18)27(22)3)26-23(28)20-16-9-14-8-15(11-16)12-17(20)10-14/h4-6,13-17,19-20H,7-12H2,1-3H3,(H,26,28)/t14?,15?,16?,17?,19-,20?/m0/s1. The summed E-state index contributed by atoms with van der Waals surface area (Å²) >= 11 is 0. The molecule has 4 aliphatic carbocycles. The third-order valence-corrected chi connectivity index (χ3v) is 7.53. The summed E-state index contributed by atoms with van der Waals surface area (Å²) < 4.78 is 2.06. The number of hydrogen-bond acceptors (Lipinski definition) is 3. The van der Waals surface area contributed by atoms with Gasteiger partial charge in [-0.2, -0.15) is 0 Å². The van der Waals surface area contributed by atoms with Gasteiger partial charge in [-0.15, -0.1) is 0 Å². The van der Waals surface area contributed by atoms with Crippen LogP contribution in [0.2, 0.25) is 0 Å². The fraction of sp³-hybridized carbons (Fsp3) is 0.696. The predicted octanol–water partition coefficient (Wildman–Crippen LogP) is 4.24. The number of nitrogens with zero attached hydrogens (tertiary/aromatic N) is 3. The Morgan fingerprint density at radius 2 is 1.86 bits per heavy atom. The first-order valence-electron chi connectivity index (χ1n) is 11.1. The third kappa shape index (κ3) is 3.03. The molecule has 1 N–H and O–H groups in total. The fourth-order valence-electron chi connectivity index (χ4n) is 6.67. The van der Waals surface area contributed by atoms with Crippen LogP contribution in [0.4, 0.5) is 0 Å². The number of carbonyl (C=O) groups excluding carboxylic acids is 1. The van der Waals surface area contributed by atoms with Crippen LogP contribution in [0.5, 0.6) is 0 Å². The van der Waals surface area contributed by atoms with Gasteiger partial charge >= 0.3 is 0 Å². The van der Waals surface area contributed by atoms with Crippen LogP contribution in [-0.2, 0) is 11.8 Å². The molecule has 1 atom stereocenters. The predicted molar refractivity (Wildman–Crippen MR) is 109 cm³/mol. The molecule has 0 saturated heterocycles. The number of nitrogens with one attached hydrogen (secondary N) is 1. The van der Waals surface area contributed by atoms with E-state index in [9.17, 15) is 4.79 Å². The molecule has 4 saturated carbocycles. The van der Waals surface area contributed by atoms with E-state index in [4.69, 9.17) is 4.98 Å². The maximum Gasteiger partial charge on any atom is 0.224 e. The van der Waals surface area contributed by atoms with Crippen molar-refractivity contribution in [3.63, 3.8) is 0 Å². The van der Waals surface area contributed by atoms with Crippen molar-refractivity contribution in [1.29, 1.82) is 0 Å². The van der Waals surface area contributed by atoms with Gasteiger partial charge in [-0.25, -0.2) is 9.97 Å². The van der Waals surface area contributed by atoms with Crippen LogP contribution in [0.25, 0.3) is 11.2 Å². The van der Waals surface area contributed by atoms with Gasteiger partial charge in [-0.05, 0) is 80.2 Å². The van der Waals surface area contributed by atoms with E-state index in [1.807, 2.05) is 19.2 Å². The Bertz CT molecular complexity index is 858. The van der Waals surface area contributed by atoms with E-state index >= 15 is 0 Å². The van der Waals surface area contributed by atoms with Crippen LogP contribution < -0.4 is 5.32 Å². The smallest absolute Gasteiger partial charge is 0.224 e. The lowest BCUT2D eigenvalue weighted by Gasteiger charge is -2.53. The molecule has 0 spiro atoms. The SMILES string of the molecule is CC(C)C[C@H](NC(=O)C1C2CC3CC(C2)CC1C3)c1nc2cccnc2n1C. The number of rotatable bonds is 5. The first kappa shape index (κ1) is 18.1. The van der Waals surface area contributed by atoms with Crippen molar-refractivity contribution in [3.05, 3.63) is 24.2 Å². The van der Waals surface area contributed by atoms with Gasteiger partial charge in [-0.3, -0.25) is 4.79 Å². The maximum atomic E-state index is 13.5. The normalized spacial score (nSPS) is 32.2. The van der Waals surface area contributed by atoms with Crippen molar-refractivity contribution in [2.45, 2.75) is 58.4 Å². The molecule has 0 aromatic carbocycles. The second kappa shape index (κ2) is 6.85. The Hall–Kier alpha value is -1.91. The Labute approximate surface area is 167 Å². The van der Waals surface area contributed by atoms with E-state index in [0.29, 0.717) is 17.8 Å². The molecule has 4 bridgehead atoms. The highest BCUT2D eigenvalue weighted by atomic mass is 16.2. The first-order valence-corrected chi connectivity index (χ1v) is 11.1. The number of aryl methyl sites for hydroxylation is 1. The third-order valence-electron chi connectivity index (χ3n) is 7.53. The van der Waals surface area contributed by atoms with Gasteiger partial charge < -0.3 is 9.88 Å². The van der Waals surface area contributed by atoms with Crippen LogP contribution in [0.3, 0.4) is 0 Å². The molecular formula is C23H32N4O. The summed E-state index contributed by atoms with van der Waals surface area (Å²) in [7, 11) is 2.01. The van der Waals surface area contributed by atoms with E-state index in [1.54, 1.807) is 6.20 Å². The summed E-state index contributed by atoms with van der Waals surface area (Å²) in [5, 5.41) is 3.44. The van der Waals surface area contributed by atoms with Crippen molar-refractivity contribution in [3.8, 4) is 0 Å². The Balaban J connectivity index is 1.41. The van der Waals surface area contributed by atoms with Gasteiger partial charge in [0.2, 0.25) is 5.91 Å². The van der Waals surface area contributed by atoms with Gasteiger partial charge in [-0.1, -0.05) is 13.8 Å². The quantitative estimate of drug-likeness (QED) is 0.844. The molecule has 5 nitrogen and oxygen atoms in total. The molecule has 4 aliphatic rings. The van der Waals surface area contributed by atoms with Gasteiger partial charge in [0.15, 0.2) is 5.65 Å². The largest absolute Gasteiger partial charge is 0.346 e. The summed E-state index contributed by atoms with van der Waals surface area (Å²) in [5.41, 5.74) is 1.78. The monoisotopic (exact) mass is 380 g/mol. The van der Waals surface area contributed by atoms with Crippen LogP contribution >= 0.6 is 0 Å². The molecule has 2 heterocycles. The Morgan fingerprint density at radius 3 is 2.46 bits per heavy atom. The molecule has 5 heteroatoms. The summed E-state index contributed by atoms with van der Waals surface area (Å²) in [4.78, 5) is 22.8. The first-order chi connectivity index (χ1) is 13.5. The van der Waals surface area contributed by atoms with Crippen LogP contribution in [0.1, 0.15) is 64.2 Å². The van der Waals surface area contributed by atoms with E-state index in [0.717, 1.165) is 35.2 Å². The van der Waals surface area contributed by atoms with E-state index in [-0.39, 0.29) is 17.9 Å². The van der Waals surface area contributed by atoms with E-state index in [2.05, 4.69) is 28.7 Å². The Kier molecular flexibility index (Phi) is 4.44. The van der Waals surface area contributed by atoms with E-state index < -0.39 is 0 Å². The lowest BCUT2D eigenvalue weighted by atomic mass is 9.51. The van der Waals surface area contributed by atoms with E-state index in [1.165, 1.54) is 32.1 Å². The minimum atomic E-state index is -0.0520. The number of hydrogen-bond donors (Lipinski definition) is 1. The van der Waals surface area contributed by atoms with Gasteiger partial charge in [0.1, 0.15) is 11.3 Å². The number of aromatic nitrogens is 3. The lowest BCUT2D eigenvalue weighted by molar-refractivity contribution is -0.139. The highest BCUT2D eigenvalue weighted by Crippen LogP contribution is 2.56. The zero-order chi connectivity index (χ0) is 19.4. The topological polar surface area (TPSA) is 59.8 Å². The average molecular weight is 381 g/mol. The summed E-state index contributed by atoms with van der Waals surface area (Å²) in [6, 6.07) is 3.87. The fourth-order valence-corrected chi connectivity index (χ4v) is 6.67. The Morgan fingerprint density at radius 1 is 1.18 bits per heavy atom. The molecule has 1 amide bonds. The molecule has 0 radical (unpaired) electrons. The van der Waals surface area contributed by atoms with Crippen LogP contribution in [0.15, 0.2) is 18.3 Å². The lowest BCUT2D eigenvalue weighted by Crippen LogP contribution is -2.51. The summed E-state index contributed by atoms with van der Waals surface area (Å²) in [6.45, 7) is 4.42. The van der Waals surface area contributed by atoms with Crippen molar-refractivity contribution in [2.24, 2.45) is 42.6 Å². The molecule has 2 aromatic heterocycles. The van der Waals surface area contributed by atoms with Crippen molar-refractivity contribution < 1.29 is 4.79 Å². The van der Waals surface area contributed by atoms with Crippen molar-refractivity contribution in [1.82, 2.24) is 19.9 Å².